The maximum Gasteiger partial charge on any atom is 0.223 e. The van der Waals surface area contributed by atoms with Crippen LogP contribution in [-0.4, -0.2) is 60.8 Å². The van der Waals surface area contributed by atoms with Gasteiger partial charge in [0, 0.05) is 36.2 Å². The van der Waals surface area contributed by atoms with Crippen LogP contribution >= 0.6 is 0 Å². The molecular formula is C23H29FN8O2. The van der Waals surface area contributed by atoms with E-state index < -0.39 is 11.4 Å². The largest absolute Gasteiger partial charge is 0.494 e. The third-order valence-electron chi connectivity index (χ3n) is 6.74. The van der Waals surface area contributed by atoms with Crippen molar-refractivity contribution < 1.29 is 14.2 Å². The Hall–Kier alpha value is -3.47. The van der Waals surface area contributed by atoms with Crippen LogP contribution < -0.4 is 15.4 Å². The van der Waals surface area contributed by atoms with E-state index in [9.17, 15) is 9.50 Å². The predicted molar refractivity (Wildman–Crippen MR) is 127 cm³/mol. The van der Waals surface area contributed by atoms with E-state index in [2.05, 4.69) is 27.0 Å². The number of methoxy groups -OCH3 is 1. The number of nitrogens with zero attached hydrogens (tertiary/aromatic N) is 7. The van der Waals surface area contributed by atoms with Gasteiger partial charge in [-0.1, -0.05) is 0 Å². The van der Waals surface area contributed by atoms with Crippen LogP contribution in [0.2, 0.25) is 0 Å². The lowest BCUT2D eigenvalue weighted by Crippen LogP contribution is -2.41. The van der Waals surface area contributed by atoms with Gasteiger partial charge in [0.15, 0.2) is 23.0 Å². The molecule has 0 aliphatic carbocycles. The zero-order valence-electron chi connectivity index (χ0n) is 19.7. The standard InChI is InChI=1S/C23H29FN8O2/c1-13-5-6-14(10-30(13)15-9-26-31(11-15)23(2,3)12-33)20-28-21-16-7-17(24)19(34-4)8-18(16)27-22(25)32(21)29-20/h7-9,11,13-14,33H,5-6,10,12H2,1-4H3,(H2,25,27)/t13-,14+/m1/s1. The molecule has 0 bridgehead atoms. The molecule has 11 heteroatoms. The molecule has 1 aromatic carbocycles. The second-order valence-electron chi connectivity index (χ2n) is 9.57. The maximum atomic E-state index is 14.4. The molecule has 34 heavy (non-hydrogen) atoms. The molecule has 4 heterocycles. The minimum absolute atomic E-state index is 0.00660. The normalized spacial score (nSPS) is 19.3. The highest BCUT2D eigenvalue weighted by atomic mass is 19.1. The minimum atomic E-state index is -0.492. The van der Waals surface area contributed by atoms with Crippen molar-refractivity contribution in [3.05, 3.63) is 36.2 Å². The first-order valence-corrected chi connectivity index (χ1v) is 11.3. The summed E-state index contributed by atoms with van der Waals surface area (Å²) < 4.78 is 22.8. The van der Waals surface area contributed by atoms with Gasteiger partial charge < -0.3 is 20.5 Å². The molecular weight excluding hydrogens is 439 g/mol. The first-order valence-electron chi connectivity index (χ1n) is 11.3. The van der Waals surface area contributed by atoms with Crippen molar-refractivity contribution in [2.45, 2.75) is 51.1 Å². The Morgan fingerprint density at radius 2 is 2.06 bits per heavy atom. The summed E-state index contributed by atoms with van der Waals surface area (Å²) in [4.78, 5) is 11.4. The number of hydrogen-bond acceptors (Lipinski definition) is 8. The number of aromatic nitrogens is 6. The van der Waals surface area contributed by atoms with E-state index in [0.717, 1.165) is 18.5 Å². The number of anilines is 2. The molecule has 0 spiro atoms. The van der Waals surface area contributed by atoms with Crippen LogP contribution in [0.3, 0.4) is 0 Å². The Morgan fingerprint density at radius 3 is 2.79 bits per heavy atom. The number of rotatable bonds is 5. The number of piperidine rings is 1. The molecule has 0 unspecified atom stereocenters. The van der Waals surface area contributed by atoms with Crippen molar-refractivity contribution in [1.82, 2.24) is 29.4 Å². The molecule has 0 radical (unpaired) electrons. The van der Waals surface area contributed by atoms with Crippen molar-refractivity contribution in [3.63, 3.8) is 0 Å². The van der Waals surface area contributed by atoms with Crippen molar-refractivity contribution in [2.24, 2.45) is 0 Å². The third-order valence-corrected chi connectivity index (χ3v) is 6.74. The van der Waals surface area contributed by atoms with Gasteiger partial charge >= 0.3 is 0 Å². The van der Waals surface area contributed by atoms with E-state index in [0.29, 0.717) is 35.0 Å². The lowest BCUT2D eigenvalue weighted by atomic mass is 9.92. The van der Waals surface area contributed by atoms with Gasteiger partial charge in [-0.2, -0.15) is 9.61 Å². The highest BCUT2D eigenvalue weighted by molar-refractivity contribution is 5.93. The third kappa shape index (κ3) is 3.60. The fraction of sp³-hybridized carbons (Fsp3) is 0.478. The van der Waals surface area contributed by atoms with Crippen molar-refractivity contribution in [1.29, 1.82) is 0 Å². The second-order valence-corrected chi connectivity index (χ2v) is 9.57. The van der Waals surface area contributed by atoms with Crippen LogP contribution in [0.4, 0.5) is 16.0 Å². The summed E-state index contributed by atoms with van der Waals surface area (Å²) in [5, 5.41) is 19.3. The summed E-state index contributed by atoms with van der Waals surface area (Å²) in [6.07, 6.45) is 5.67. The summed E-state index contributed by atoms with van der Waals surface area (Å²) in [7, 11) is 1.41. The molecule has 1 aliphatic heterocycles. The number of ether oxygens (including phenoxy) is 1. The molecule has 0 amide bonds. The van der Waals surface area contributed by atoms with E-state index in [1.807, 2.05) is 26.2 Å². The van der Waals surface area contributed by atoms with E-state index in [4.69, 9.17) is 15.5 Å². The van der Waals surface area contributed by atoms with Gasteiger partial charge in [0.05, 0.1) is 36.7 Å². The number of aliphatic hydroxyl groups excluding tert-OH is 1. The van der Waals surface area contributed by atoms with Crippen LogP contribution in [0.1, 0.15) is 45.4 Å². The van der Waals surface area contributed by atoms with Crippen molar-refractivity contribution >= 4 is 28.2 Å². The SMILES string of the molecule is COc1cc2nc(N)n3nc([C@H]4CC[C@@H](C)N(c5cnn(C(C)(C)CO)c5)C4)nc3c2cc1F. The molecule has 1 aliphatic rings. The molecule has 2 atom stereocenters. The second kappa shape index (κ2) is 8.08. The number of fused-ring (bicyclic) bond motifs is 3. The Kier molecular flexibility index (Phi) is 5.31. The van der Waals surface area contributed by atoms with Crippen LogP contribution in [-0.2, 0) is 5.54 Å². The van der Waals surface area contributed by atoms with Crippen LogP contribution in [0.25, 0.3) is 16.6 Å². The zero-order chi connectivity index (χ0) is 24.2. The quantitative estimate of drug-likeness (QED) is 0.459. The first kappa shape index (κ1) is 22.3. The van der Waals surface area contributed by atoms with E-state index >= 15 is 0 Å². The van der Waals surface area contributed by atoms with E-state index in [1.165, 1.54) is 23.8 Å². The Bertz CT molecular complexity index is 1360. The number of benzene rings is 1. The first-order chi connectivity index (χ1) is 16.2. The van der Waals surface area contributed by atoms with Crippen molar-refractivity contribution in [3.8, 4) is 5.75 Å². The number of nitrogens with two attached hydrogens (primary N) is 1. The molecule has 4 aromatic rings. The Morgan fingerprint density at radius 1 is 1.26 bits per heavy atom. The Balaban J connectivity index is 1.50. The van der Waals surface area contributed by atoms with Gasteiger partial charge in [-0.15, -0.1) is 5.10 Å². The van der Waals surface area contributed by atoms with Gasteiger partial charge in [0.25, 0.3) is 0 Å². The van der Waals surface area contributed by atoms with E-state index in [1.54, 1.807) is 4.68 Å². The molecule has 3 aromatic heterocycles. The fourth-order valence-electron chi connectivity index (χ4n) is 4.52. The molecule has 0 saturated carbocycles. The topological polar surface area (TPSA) is 120 Å². The van der Waals surface area contributed by atoms with Gasteiger partial charge in [-0.05, 0) is 39.7 Å². The molecule has 180 valence electrons. The highest BCUT2D eigenvalue weighted by Gasteiger charge is 2.31. The van der Waals surface area contributed by atoms with Gasteiger partial charge in [0.1, 0.15) is 0 Å². The summed E-state index contributed by atoms with van der Waals surface area (Å²) in [6, 6.07) is 3.20. The average Bonchev–Trinajstić information content (AvgIpc) is 3.48. The smallest absolute Gasteiger partial charge is 0.223 e. The van der Waals surface area contributed by atoms with Gasteiger partial charge in [-0.3, -0.25) is 4.68 Å². The van der Waals surface area contributed by atoms with Crippen molar-refractivity contribution in [2.75, 3.05) is 30.9 Å². The number of aliphatic hydroxyl groups is 1. The van der Waals surface area contributed by atoms with Crippen LogP contribution in [0.15, 0.2) is 24.5 Å². The van der Waals surface area contributed by atoms with Gasteiger partial charge in [0.2, 0.25) is 5.95 Å². The fourth-order valence-corrected chi connectivity index (χ4v) is 4.52. The van der Waals surface area contributed by atoms with Gasteiger partial charge in [-0.25, -0.2) is 14.4 Å². The number of halogens is 1. The predicted octanol–water partition coefficient (Wildman–Crippen LogP) is 2.70. The Labute approximate surface area is 196 Å². The number of hydrogen-bond donors (Lipinski definition) is 2. The average molecular weight is 469 g/mol. The summed E-state index contributed by atoms with van der Waals surface area (Å²) >= 11 is 0. The lowest BCUT2D eigenvalue weighted by molar-refractivity contribution is 0.152. The summed E-state index contributed by atoms with van der Waals surface area (Å²) in [6.45, 7) is 6.76. The summed E-state index contributed by atoms with van der Waals surface area (Å²) in [5.74, 6) is 0.502. The molecule has 1 fully saturated rings. The summed E-state index contributed by atoms with van der Waals surface area (Å²) in [5.41, 5.74) is 7.64. The molecule has 10 nitrogen and oxygen atoms in total. The monoisotopic (exact) mass is 468 g/mol. The molecule has 5 rings (SSSR count). The highest BCUT2D eigenvalue weighted by Crippen LogP contribution is 2.34. The maximum absolute atomic E-state index is 14.4. The molecule has 1 saturated heterocycles. The minimum Gasteiger partial charge on any atom is -0.494 e. The lowest BCUT2D eigenvalue weighted by Gasteiger charge is -2.38. The zero-order valence-corrected chi connectivity index (χ0v) is 19.7. The van der Waals surface area contributed by atoms with E-state index in [-0.39, 0.29) is 24.2 Å². The van der Waals surface area contributed by atoms with Crippen LogP contribution in [0.5, 0.6) is 5.75 Å². The molecule has 3 N–H and O–H groups in total. The number of nitrogen functional groups attached to an aromatic ring is 1. The van der Waals surface area contributed by atoms with Crippen LogP contribution in [0, 0.1) is 5.82 Å².